The van der Waals surface area contributed by atoms with Gasteiger partial charge in [-0.15, -0.1) is 0 Å². The number of carbonyl (C=O) groups is 1. The molecule has 0 spiro atoms. The summed E-state index contributed by atoms with van der Waals surface area (Å²) >= 11 is 3.15. The molecule has 4 nitrogen and oxygen atoms in total. The number of fused-ring (bicyclic) bond motifs is 1. The molecule has 3 aromatic rings. The van der Waals surface area contributed by atoms with Crippen molar-refractivity contribution in [3.63, 3.8) is 0 Å². The Kier molecular flexibility index (Phi) is 6.61. The average molecular weight is 484 g/mol. The van der Waals surface area contributed by atoms with E-state index in [1.807, 2.05) is 49.4 Å². The van der Waals surface area contributed by atoms with Crippen LogP contribution in [-0.2, 0) is 4.79 Å². The predicted octanol–water partition coefficient (Wildman–Crippen LogP) is 7.24. The number of aliphatic imine (C=N–C) groups is 1. The average Bonchev–Trinajstić information content (AvgIpc) is 3.40. The van der Waals surface area contributed by atoms with E-state index in [2.05, 4.69) is 60.4 Å². The maximum Gasteiger partial charge on any atom is 0.269 e. The Morgan fingerprint density at radius 1 is 0.765 bits per heavy atom. The molecule has 1 saturated heterocycles. The summed E-state index contributed by atoms with van der Waals surface area (Å²) in [5.41, 5.74) is 4.28. The zero-order valence-corrected chi connectivity index (χ0v) is 20.8. The lowest BCUT2D eigenvalue weighted by Crippen LogP contribution is -2.29. The van der Waals surface area contributed by atoms with Crippen LogP contribution in [0.3, 0.4) is 0 Å². The van der Waals surface area contributed by atoms with Crippen molar-refractivity contribution in [1.82, 2.24) is 4.90 Å². The number of hydrogen-bond donors (Lipinski definition) is 0. The Hall–Kier alpha value is -3.22. The first kappa shape index (κ1) is 22.6. The molecule has 34 heavy (non-hydrogen) atoms. The third-order valence-corrected chi connectivity index (χ3v) is 8.06. The van der Waals surface area contributed by atoms with E-state index in [1.165, 1.54) is 27.9 Å². The third-order valence-electron chi connectivity index (χ3n) is 5.68. The largest absolute Gasteiger partial charge is 0.334 e. The van der Waals surface area contributed by atoms with Gasteiger partial charge < -0.3 is 4.90 Å². The van der Waals surface area contributed by atoms with Gasteiger partial charge in [-0.2, -0.15) is 0 Å². The molecule has 2 aliphatic heterocycles. The van der Waals surface area contributed by atoms with Gasteiger partial charge in [0.25, 0.3) is 5.91 Å². The summed E-state index contributed by atoms with van der Waals surface area (Å²) in [6, 6.07) is 26.7. The number of rotatable bonds is 5. The fraction of sp³-hybridized carbons (Fsp3) is 0.143. The summed E-state index contributed by atoms with van der Waals surface area (Å²) in [5.74, 6) is 0.0300. The van der Waals surface area contributed by atoms with E-state index in [1.54, 1.807) is 16.7 Å². The fourth-order valence-electron chi connectivity index (χ4n) is 3.94. The topological polar surface area (TPSA) is 35.9 Å². The van der Waals surface area contributed by atoms with Gasteiger partial charge in [0.05, 0.1) is 11.4 Å². The summed E-state index contributed by atoms with van der Waals surface area (Å²) in [5, 5.41) is 1.74. The molecule has 0 unspecified atom stereocenters. The van der Waals surface area contributed by atoms with E-state index in [4.69, 9.17) is 4.99 Å². The number of para-hydroxylation sites is 1. The number of carbonyl (C=O) groups excluding carboxylic acids is 1. The molecule has 0 N–H and O–H groups in total. The van der Waals surface area contributed by atoms with Crippen LogP contribution in [0.1, 0.15) is 25.0 Å². The number of thioether (sulfide) groups is 2. The predicted molar refractivity (Wildman–Crippen MR) is 146 cm³/mol. The Morgan fingerprint density at radius 2 is 1.41 bits per heavy atom. The van der Waals surface area contributed by atoms with E-state index in [0.29, 0.717) is 6.54 Å². The van der Waals surface area contributed by atoms with Crippen LogP contribution in [0.2, 0.25) is 0 Å². The van der Waals surface area contributed by atoms with Crippen molar-refractivity contribution in [3.8, 4) is 0 Å². The van der Waals surface area contributed by atoms with Crippen LogP contribution >= 0.6 is 23.5 Å². The first-order chi connectivity index (χ1) is 16.7. The van der Waals surface area contributed by atoms with Gasteiger partial charge in [-0.25, -0.2) is 4.99 Å². The van der Waals surface area contributed by atoms with Gasteiger partial charge in [-0.3, -0.25) is 9.69 Å². The molecule has 0 saturated carbocycles. The summed E-state index contributed by atoms with van der Waals surface area (Å²) in [4.78, 5) is 24.1. The van der Waals surface area contributed by atoms with Gasteiger partial charge in [0.1, 0.15) is 9.93 Å². The highest BCUT2D eigenvalue weighted by Crippen LogP contribution is 2.50. The zero-order valence-electron chi connectivity index (χ0n) is 19.1. The van der Waals surface area contributed by atoms with E-state index >= 15 is 0 Å². The highest BCUT2D eigenvalue weighted by atomic mass is 32.2. The number of amidine groups is 1. The highest BCUT2D eigenvalue weighted by molar-refractivity contribution is 8.19. The van der Waals surface area contributed by atoms with Crippen molar-refractivity contribution in [2.75, 3.05) is 18.0 Å². The smallest absolute Gasteiger partial charge is 0.269 e. The number of nitrogens with zero attached hydrogens (tertiary/aromatic N) is 3. The molecule has 0 atom stereocenters. The molecule has 1 amide bonds. The fourth-order valence-corrected chi connectivity index (χ4v) is 6.40. The number of hydrogen-bond acceptors (Lipinski definition) is 5. The lowest BCUT2D eigenvalue weighted by molar-refractivity contribution is -0.122. The van der Waals surface area contributed by atoms with E-state index < -0.39 is 0 Å². The summed E-state index contributed by atoms with van der Waals surface area (Å²) < 4.78 is 0. The number of anilines is 1. The molecule has 5 rings (SSSR count). The van der Waals surface area contributed by atoms with Crippen LogP contribution in [0.15, 0.2) is 98.7 Å². The zero-order chi connectivity index (χ0) is 23.5. The van der Waals surface area contributed by atoms with Crippen LogP contribution in [-0.4, -0.2) is 29.1 Å². The molecule has 0 aromatic heterocycles. The molecule has 170 valence electrons. The van der Waals surface area contributed by atoms with Gasteiger partial charge in [0.2, 0.25) is 0 Å². The van der Waals surface area contributed by atoms with Crippen LogP contribution in [0.25, 0.3) is 12.2 Å². The van der Waals surface area contributed by atoms with Crippen LogP contribution in [0, 0.1) is 0 Å². The molecule has 3 aromatic carbocycles. The number of amides is 1. The van der Waals surface area contributed by atoms with E-state index in [-0.39, 0.29) is 5.91 Å². The van der Waals surface area contributed by atoms with Gasteiger partial charge in [0.15, 0.2) is 5.17 Å². The van der Waals surface area contributed by atoms with Crippen molar-refractivity contribution in [2.24, 2.45) is 4.99 Å². The van der Waals surface area contributed by atoms with Crippen molar-refractivity contribution in [1.29, 1.82) is 0 Å². The number of likely N-dealkylation sites (N-methyl/N-ethyl adjacent to an activating group) is 1. The number of benzene rings is 3. The first-order valence-corrected chi connectivity index (χ1v) is 13.0. The molecular formula is C28H25N3OS2. The maximum absolute atomic E-state index is 13.3. The lowest BCUT2D eigenvalue weighted by Gasteiger charge is -2.19. The summed E-state index contributed by atoms with van der Waals surface area (Å²) in [7, 11) is 0. The normalized spacial score (nSPS) is 19.0. The van der Waals surface area contributed by atoms with Crippen LogP contribution in [0.4, 0.5) is 11.4 Å². The highest BCUT2D eigenvalue weighted by Gasteiger charge is 2.38. The lowest BCUT2D eigenvalue weighted by atomic mass is 10.1. The second kappa shape index (κ2) is 9.95. The second-order valence-electron chi connectivity index (χ2n) is 7.83. The van der Waals surface area contributed by atoms with E-state index in [9.17, 15) is 4.79 Å². The van der Waals surface area contributed by atoms with Crippen molar-refractivity contribution >= 4 is 58.1 Å². The standard InChI is InChI=1S/C28H25N3OS2/c1-3-30-23-12-8-9-13-24(23)33-27(30)25-26(32)31(4-2)28(34-25)29-22-18-16-21(17-19-22)15-14-20-10-6-5-7-11-20/h5-19H,3-4H2,1-2H3/b15-14+,27-25-,29-28?. The first-order valence-electron chi connectivity index (χ1n) is 11.4. The monoisotopic (exact) mass is 483 g/mol. The molecular weight excluding hydrogens is 458 g/mol. The van der Waals surface area contributed by atoms with Gasteiger partial charge in [-0.1, -0.05) is 78.5 Å². The van der Waals surface area contributed by atoms with Crippen molar-refractivity contribution in [2.45, 2.75) is 18.7 Å². The van der Waals surface area contributed by atoms with Crippen LogP contribution < -0.4 is 4.90 Å². The quantitative estimate of drug-likeness (QED) is 0.283. The molecule has 6 heteroatoms. The maximum atomic E-state index is 13.3. The van der Waals surface area contributed by atoms with Gasteiger partial charge in [-0.05, 0) is 61.0 Å². The minimum absolute atomic E-state index is 0.0300. The molecule has 0 radical (unpaired) electrons. The molecule has 2 aliphatic rings. The Labute approximate surface area is 209 Å². The minimum Gasteiger partial charge on any atom is -0.334 e. The Bertz CT molecular complexity index is 1300. The Balaban J connectivity index is 1.40. The summed E-state index contributed by atoms with van der Waals surface area (Å²) in [6.07, 6.45) is 4.19. The third kappa shape index (κ3) is 4.43. The summed E-state index contributed by atoms with van der Waals surface area (Å²) in [6.45, 7) is 5.51. The molecule has 2 heterocycles. The molecule has 0 aliphatic carbocycles. The SMILES string of the molecule is CCN1C(=O)/C(=C2/Sc3ccccc3N2CC)SC1=Nc1ccc(/C=C/c2ccccc2)cc1. The van der Waals surface area contributed by atoms with E-state index in [0.717, 1.165) is 32.9 Å². The van der Waals surface area contributed by atoms with Gasteiger partial charge >= 0.3 is 0 Å². The molecule has 1 fully saturated rings. The Morgan fingerprint density at radius 3 is 2.12 bits per heavy atom. The van der Waals surface area contributed by atoms with Gasteiger partial charge in [0, 0.05) is 18.0 Å². The minimum atomic E-state index is 0.0300. The van der Waals surface area contributed by atoms with Crippen molar-refractivity contribution in [3.05, 3.63) is 99.9 Å². The van der Waals surface area contributed by atoms with Crippen molar-refractivity contribution < 1.29 is 4.79 Å². The molecule has 0 bridgehead atoms. The van der Waals surface area contributed by atoms with Crippen LogP contribution in [0.5, 0.6) is 0 Å². The second-order valence-corrected chi connectivity index (χ2v) is 9.84.